The van der Waals surface area contributed by atoms with Gasteiger partial charge in [0.25, 0.3) is 0 Å². The average Bonchev–Trinajstić information content (AvgIpc) is 2.71. The van der Waals surface area contributed by atoms with E-state index in [0.29, 0.717) is 0 Å². The van der Waals surface area contributed by atoms with Gasteiger partial charge < -0.3 is 14.8 Å². The smallest absolute Gasteiger partial charge is 0.408 e. The molecule has 0 aromatic heterocycles. The molecule has 0 aliphatic carbocycles. The third kappa shape index (κ3) is 5.52. The molecule has 1 rings (SSSR count). The monoisotopic (exact) mass is 301 g/mol. The van der Waals surface area contributed by atoms with E-state index < -0.39 is 25.8 Å². The number of rotatable bonds is 4. The quantitative estimate of drug-likeness (QED) is 0.640. The van der Waals surface area contributed by atoms with Crippen LogP contribution in [0.15, 0.2) is 0 Å². The van der Waals surface area contributed by atoms with Gasteiger partial charge in [0, 0.05) is 0 Å². The van der Waals surface area contributed by atoms with Crippen LogP contribution in [0.2, 0.25) is 24.7 Å². The fourth-order valence-corrected chi connectivity index (χ4v) is 6.83. The number of hydrogen-bond acceptors (Lipinski definition) is 4. The molecule has 0 unspecified atom stereocenters. The zero-order chi connectivity index (χ0) is 15.4. The topological polar surface area (TPSA) is 64.6 Å². The number of hydrogen-bond donors (Lipinski definition) is 1. The number of amides is 1. The molecule has 1 N–H and O–H groups in total. The van der Waals surface area contributed by atoms with E-state index >= 15 is 0 Å². The summed E-state index contributed by atoms with van der Waals surface area (Å²) in [6, 6.07) is 2.59. The Bertz CT molecular complexity index is 359. The molecule has 5 nitrogen and oxygen atoms in total. The van der Waals surface area contributed by atoms with Crippen LogP contribution in [0.4, 0.5) is 4.79 Å². The first-order valence-electron chi connectivity index (χ1n) is 7.23. The second-order valence-electron chi connectivity index (χ2n) is 6.94. The molecule has 1 heterocycles. The number of carbonyl (C=O) groups excluding carboxylic acids is 2. The highest BCUT2D eigenvalue weighted by Gasteiger charge is 2.37. The van der Waals surface area contributed by atoms with Gasteiger partial charge in [-0.3, -0.25) is 0 Å². The standard InChI is InChI=1S/C14H27NO4Si/c1-14(2,3)19-13(17)15-11(12(16)18-4)10-20(5)8-6-7-9-20/h11H,6-10H2,1-5H3,(H,15,17)/t11-/m0/s1. The van der Waals surface area contributed by atoms with Crippen LogP contribution < -0.4 is 5.32 Å². The van der Waals surface area contributed by atoms with Crippen molar-refractivity contribution < 1.29 is 19.1 Å². The summed E-state index contributed by atoms with van der Waals surface area (Å²) >= 11 is 0. The first-order valence-corrected chi connectivity index (χ1v) is 10.3. The lowest BCUT2D eigenvalue weighted by atomic mass is 10.2. The van der Waals surface area contributed by atoms with Gasteiger partial charge in [-0.25, -0.2) is 9.59 Å². The van der Waals surface area contributed by atoms with E-state index in [-0.39, 0.29) is 5.97 Å². The molecule has 0 aromatic rings. The maximum absolute atomic E-state index is 11.9. The molecule has 20 heavy (non-hydrogen) atoms. The van der Waals surface area contributed by atoms with Crippen LogP contribution >= 0.6 is 0 Å². The Morgan fingerprint density at radius 2 is 1.80 bits per heavy atom. The van der Waals surface area contributed by atoms with Crippen LogP contribution in [0.3, 0.4) is 0 Å². The fraction of sp³-hybridized carbons (Fsp3) is 0.857. The third-order valence-electron chi connectivity index (χ3n) is 3.68. The maximum Gasteiger partial charge on any atom is 0.408 e. The molecule has 0 radical (unpaired) electrons. The number of methoxy groups -OCH3 is 1. The van der Waals surface area contributed by atoms with Crippen LogP contribution in [0.25, 0.3) is 0 Å². The summed E-state index contributed by atoms with van der Waals surface area (Å²) in [5, 5.41) is 2.68. The molecule has 1 saturated heterocycles. The average molecular weight is 301 g/mol. The molecule has 6 heteroatoms. The normalized spacial score (nSPS) is 19.2. The van der Waals surface area contributed by atoms with Gasteiger partial charge in [-0.2, -0.15) is 0 Å². The zero-order valence-electron chi connectivity index (χ0n) is 13.2. The molecule has 1 aliphatic heterocycles. The van der Waals surface area contributed by atoms with Crippen LogP contribution in [0.1, 0.15) is 33.6 Å². The van der Waals surface area contributed by atoms with Crippen LogP contribution in [0, 0.1) is 0 Å². The first-order chi connectivity index (χ1) is 9.15. The minimum Gasteiger partial charge on any atom is -0.467 e. The van der Waals surface area contributed by atoms with Gasteiger partial charge in [0.05, 0.1) is 15.2 Å². The molecule has 1 aliphatic rings. The second kappa shape index (κ2) is 6.61. The van der Waals surface area contributed by atoms with Crippen LogP contribution in [0.5, 0.6) is 0 Å². The predicted octanol–water partition coefficient (Wildman–Crippen LogP) is 2.93. The summed E-state index contributed by atoms with van der Waals surface area (Å²) in [4.78, 5) is 23.7. The summed E-state index contributed by atoms with van der Waals surface area (Å²) < 4.78 is 10.0. The molecule has 1 atom stereocenters. The van der Waals surface area contributed by atoms with Crippen molar-refractivity contribution in [2.75, 3.05) is 7.11 Å². The Morgan fingerprint density at radius 3 is 2.25 bits per heavy atom. The molecule has 116 valence electrons. The summed E-state index contributed by atoms with van der Waals surface area (Å²) in [5.41, 5.74) is -0.570. The highest BCUT2D eigenvalue weighted by Crippen LogP contribution is 2.34. The zero-order valence-corrected chi connectivity index (χ0v) is 14.2. The highest BCUT2D eigenvalue weighted by molar-refractivity contribution is 6.79. The largest absolute Gasteiger partial charge is 0.467 e. The third-order valence-corrected chi connectivity index (χ3v) is 8.20. The van der Waals surface area contributed by atoms with E-state index in [9.17, 15) is 9.59 Å². The van der Waals surface area contributed by atoms with E-state index in [1.807, 2.05) is 0 Å². The highest BCUT2D eigenvalue weighted by atomic mass is 28.3. The van der Waals surface area contributed by atoms with Gasteiger partial charge in [-0.15, -0.1) is 0 Å². The summed E-state index contributed by atoms with van der Waals surface area (Å²) in [5.74, 6) is -0.378. The fourth-order valence-electron chi connectivity index (χ4n) is 2.71. The van der Waals surface area contributed by atoms with E-state index in [1.54, 1.807) is 20.8 Å². The maximum atomic E-state index is 11.9. The van der Waals surface area contributed by atoms with Crippen molar-refractivity contribution in [1.29, 1.82) is 0 Å². The predicted molar refractivity (Wildman–Crippen MR) is 80.4 cm³/mol. The van der Waals surface area contributed by atoms with Crippen molar-refractivity contribution >= 4 is 20.1 Å². The Balaban J connectivity index is 2.65. The first kappa shape index (κ1) is 17.0. The Morgan fingerprint density at radius 1 is 1.25 bits per heavy atom. The van der Waals surface area contributed by atoms with Crippen molar-refractivity contribution in [2.45, 2.75) is 69.9 Å². The lowest BCUT2D eigenvalue weighted by Gasteiger charge is -2.27. The van der Waals surface area contributed by atoms with Gasteiger partial charge in [0.15, 0.2) is 0 Å². The second-order valence-corrected chi connectivity index (χ2v) is 12.0. The van der Waals surface area contributed by atoms with Gasteiger partial charge >= 0.3 is 12.1 Å². The lowest BCUT2D eigenvalue weighted by Crippen LogP contribution is -2.48. The van der Waals surface area contributed by atoms with E-state index in [4.69, 9.17) is 9.47 Å². The van der Waals surface area contributed by atoms with Crippen molar-refractivity contribution in [3.8, 4) is 0 Å². The van der Waals surface area contributed by atoms with Gasteiger partial charge in [-0.05, 0) is 26.8 Å². The van der Waals surface area contributed by atoms with Gasteiger partial charge in [0.1, 0.15) is 11.6 Å². The molecular weight excluding hydrogens is 274 g/mol. The van der Waals surface area contributed by atoms with Crippen LogP contribution in [-0.4, -0.2) is 38.9 Å². The van der Waals surface area contributed by atoms with E-state index in [1.165, 1.54) is 32.0 Å². The Labute approximate surface area is 122 Å². The van der Waals surface area contributed by atoms with Gasteiger partial charge in [-0.1, -0.05) is 31.5 Å². The van der Waals surface area contributed by atoms with Crippen molar-refractivity contribution in [3.05, 3.63) is 0 Å². The molecule has 0 saturated carbocycles. The SMILES string of the molecule is COC(=O)[C@H](C[Si]1(C)CCCC1)NC(=O)OC(C)(C)C. The lowest BCUT2D eigenvalue weighted by molar-refractivity contribution is -0.142. The number of ether oxygens (including phenoxy) is 2. The number of alkyl carbamates (subject to hydrolysis) is 1. The minimum absolute atomic E-state index is 0.378. The molecular formula is C14H27NO4Si. The summed E-state index contributed by atoms with van der Waals surface area (Å²) in [6.07, 6.45) is 1.93. The van der Waals surface area contributed by atoms with Crippen molar-refractivity contribution in [2.24, 2.45) is 0 Å². The Hall–Kier alpha value is -1.04. The minimum atomic E-state index is -1.42. The van der Waals surface area contributed by atoms with Crippen LogP contribution in [-0.2, 0) is 14.3 Å². The van der Waals surface area contributed by atoms with E-state index in [2.05, 4.69) is 11.9 Å². The van der Waals surface area contributed by atoms with E-state index in [0.717, 1.165) is 6.04 Å². The van der Waals surface area contributed by atoms with Crippen molar-refractivity contribution in [1.82, 2.24) is 5.32 Å². The number of nitrogens with one attached hydrogen (secondary N) is 1. The summed E-state index contributed by atoms with van der Waals surface area (Å²) in [7, 11) is -0.0731. The summed E-state index contributed by atoms with van der Waals surface area (Å²) in [6.45, 7) is 7.69. The molecule has 0 bridgehead atoms. The molecule has 0 aromatic carbocycles. The Kier molecular flexibility index (Phi) is 5.62. The number of esters is 1. The molecule has 0 spiro atoms. The van der Waals surface area contributed by atoms with Gasteiger partial charge in [0.2, 0.25) is 0 Å². The van der Waals surface area contributed by atoms with Crippen molar-refractivity contribution in [3.63, 3.8) is 0 Å². The number of carbonyl (C=O) groups is 2. The molecule has 1 amide bonds. The molecule has 1 fully saturated rings.